The summed E-state index contributed by atoms with van der Waals surface area (Å²) < 4.78 is 6.16. The summed E-state index contributed by atoms with van der Waals surface area (Å²) in [6, 6.07) is 22.5. The number of rotatable bonds is 10. The summed E-state index contributed by atoms with van der Waals surface area (Å²) in [6.45, 7) is 1.58. The third kappa shape index (κ3) is 7.73. The molecule has 0 spiro atoms. The summed E-state index contributed by atoms with van der Waals surface area (Å²) >= 11 is 0. The van der Waals surface area contributed by atoms with Gasteiger partial charge < -0.3 is 20.5 Å². The molecular formula is C36H40N2O6. The van der Waals surface area contributed by atoms with Crippen LogP contribution in [0.4, 0.5) is 11.4 Å². The van der Waals surface area contributed by atoms with Gasteiger partial charge in [0.05, 0.1) is 11.8 Å². The zero-order valence-corrected chi connectivity index (χ0v) is 25.1. The molecule has 3 N–H and O–H groups in total. The Hall–Kier alpha value is -4.46. The molecule has 8 heteroatoms. The number of carbonyl (C=O) groups excluding carboxylic acids is 3. The van der Waals surface area contributed by atoms with E-state index in [9.17, 15) is 24.3 Å². The third-order valence-corrected chi connectivity index (χ3v) is 8.97. The predicted octanol–water partition coefficient (Wildman–Crippen LogP) is 7.23. The number of ketones is 1. The van der Waals surface area contributed by atoms with Crippen LogP contribution in [0.2, 0.25) is 0 Å². The number of benzene rings is 3. The molecule has 8 nitrogen and oxygen atoms in total. The molecule has 0 heterocycles. The first-order valence-corrected chi connectivity index (χ1v) is 15.6. The number of ether oxygens (including phenoxy) is 1. The fraction of sp³-hybridized carbons (Fsp3) is 0.389. The van der Waals surface area contributed by atoms with Crippen molar-refractivity contribution < 1.29 is 29.0 Å². The van der Waals surface area contributed by atoms with Crippen molar-refractivity contribution in [2.75, 3.05) is 10.6 Å². The third-order valence-electron chi connectivity index (χ3n) is 8.97. The van der Waals surface area contributed by atoms with Gasteiger partial charge in [-0.15, -0.1) is 0 Å². The number of hydrogen-bond acceptors (Lipinski definition) is 5. The molecule has 2 aliphatic carbocycles. The molecule has 3 aromatic carbocycles. The second-order valence-corrected chi connectivity index (χ2v) is 12.0. The number of hydrogen-bond donors (Lipinski definition) is 3. The molecule has 0 radical (unpaired) electrons. The van der Waals surface area contributed by atoms with Crippen LogP contribution in [0.1, 0.15) is 69.4 Å². The Balaban J connectivity index is 1.29. The van der Waals surface area contributed by atoms with Crippen molar-refractivity contribution in [3.8, 4) is 11.5 Å². The molecule has 2 amide bonds. The summed E-state index contributed by atoms with van der Waals surface area (Å²) in [4.78, 5) is 50.1. The number of carboxylic acid groups (broad SMARTS) is 1. The van der Waals surface area contributed by atoms with E-state index in [-0.39, 0.29) is 29.4 Å². The van der Waals surface area contributed by atoms with Crippen molar-refractivity contribution in [2.24, 2.45) is 23.7 Å². The summed E-state index contributed by atoms with van der Waals surface area (Å²) in [7, 11) is 0. The molecule has 0 aliphatic heterocycles. The number of anilines is 2. The van der Waals surface area contributed by atoms with Crippen molar-refractivity contribution in [3.63, 3.8) is 0 Å². The monoisotopic (exact) mass is 596 g/mol. The highest BCUT2D eigenvalue weighted by Crippen LogP contribution is 2.35. The number of Topliss-reactive ketones (excluding diaryl/α,β-unsaturated/α-hetero) is 1. The van der Waals surface area contributed by atoms with Crippen LogP contribution in [0.3, 0.4) is 0 Å². The van der Waals surface area contributed by atoms with Gasteiger partial charge in [-0.05, 0) is 92.6 Å². The lowest BCUT2D eigenvalue weighted by atomic mass is 9.76. The van der Waals surface area contributed by atoms with Crippen LogP contribution in [-0.4, -0.2) is 28.7 Å². The Morgan fingerprint density at radius 2 is 1.27 bits per heavy atom. The first-order valence-electron chi connectivity index (χ1n) is 15.6. The number of amides is 2. The van der Waals surface area contributed by atoms with Crippen molar-refractivity contribution in [3.05, 3.63) is 83.9 Å². The minimum absolute atomic E-state index is 0.0714. The summed E-state index contributed by atoms with van der Waals surface area (Å²) in [6.07, 6.45) is 6.73. The maximum absolute atomic E-state index is 13.4. The molecule has 3 aromatic rings. The minimum atomic E-state index is -0.917. The lowest BCUT2D eigenvalue weighted by Crippen LogP contribution is -2.36. The van der Waals surface area contributed by atoms with Crippen LogP contribution in [0, 0.1) is 23.7 Å². The average Bonchev–Trinajstić information content (AvgIpc) is 3.03. The van der Waals surface area contributed by atoms with E-state index in [0.29, 0.717) is 48.6 Å². The number of carboxylic acids is 1. The molecule has 2 fully saturated rings. The smallest absolute Gasteiger partial charge is 0.307 e. The van der Waals surface area contributed by atoms with Crippen LogP contribution in [0.5, 0.6) is 11.5 Å². The number of carbonyl (C=O) groups is 4. The van der Waals surface area contributed by atoms with Crippen LogP contribution in [-0.2, 0) is 25.6 Å². The van der Waals surface area contributed by atoms with Gasteiger partial charge in [-0.2, -0.15) is 0 Å². The molecule has 4 unspecified atom stereocenters. The van der Waals surface area contributed by atoms with Gasteiger partial charge in [-0.3, -0.25) is 19.2 Å². The SMILES string of the molecule is CC(=O)C1CCCCC1C(=O)Nc1ccc(Oc2ccc(NC(=O)C3CCCCC3C(=O)O)cc2)cc1Cc1ccccc1. The average molecular weight is 597 g/mol. The molecular weight excluding hydrogens is 556 g/mol. The number of aliphatic carboxylic acids is 1. The van der Waals surface area contributed by atoms with Gasteiger partial charge in [0, 0.05) is 23.2 Å². The fourth-order valence-electron chi connectivity index (χ4n) is 6.59. The molecule has 0 saturated heterocycles. The van der Waals surface area contributed by atoms with Gasteiger partial charge in [-0.25, -0.2) is 0 Å². The van der Waals surface area contributed by atoms with Gasteiger partial charge in [0.15, 0.2) is 0 Å². The highest BCUT2D eigenvalue weighted by Gasteiger charge is 2.36. The predicted molar refractivity (Wildman–Crippen MR) is 169 cm³/mol. The van der Waals surface area contributed by atoms with Crippen molar-refractivity contribution in [1.82, 2.24) is 0 Å². The molecule has 2 aliphatic rings. The Kier molecular flexibility index (Phi) is 10.1. The van der Waals surface area contributed by atoms with Crippen LogP contribution in [0.15, 0.2) is 72.8 Å². The standard InChI is InChI=1S/C36H40N2O6/c1-23(39)29-11-5-6-12-30(29)35(41)38-33-20-19-28(22-25(33)21-24-9-3-2-4-10-24)44-27-17-15-26(16-18-27)37-34(40)31-13-7-8-14-32(31)36(42)43/h2-4,9-10,15-20,22,29-32H,5-8,11-14,21H2,1H3,(H,37,40)(H,38,41)(H,42,43). The zero-order valence-electron chi connectivity index (χ0n) is 25.1. The van der Waals surface area contributed by atoms with E-state index in [1.807, 2.05) is 42.5 Å². The van der Waals surface area contributed by atoms with Gasteiger partial charge in [0.1, 0.15) is 17.3 Å². The molecule has 2 saturated carbocycles. The van der Waals surface area contributed by atoms with Crippen LogP contribution in [0.25, 0.3) is 0 Å². The van der Waals surface area contributed by atoms with E-state index in [1.54, 1.807) is 37.3 Å². The molecule has 0 bridgehead atoms. The summed E-state index contributed by atoms with van der Waals surface area (Å²) in [5, 5.41) is 15.5. The highest BCUT2D eigenvalue weighted by atomic mass is 16.5. The molecule has 4 atom stereocenters. The fourth-order valence-corrected chi connectivity index (χ4v) is 6.59. The van der Waals surface area contributed by atoms with E-state index in [0.717, 1.165) is 43.2 Å². The van der Waals surface area contributed by atoms with Gasteiger partial charge >= 0.3 is 5.97 Å². The van der Waals surface area contributed by atoms with E-state index in [1.165, 1.54) is 0 Å². The quantitative estimate of drug-likeness (QED) is 0.227. The second kappa shape index (κ2) is 14.3. The Morgan fingerprint density at radius 3 is 1.91 bits per heavy atom. The zero-order chi connectivity index (χ0) is 31.1. The van der Waals surface area contributed by atoms with E-state index in [4.69, 9.17) is 4.74 Å². The number of nitrogens with one attached hydrogen (secondary N) is 2. The Labute approximate surface area is 258 Å². The summed E-state index contributed by atoms with van der Waals surface area (Å²) in [5.74, 6) is -1.82. The minimum Gasteiger partial charge on any atom is -0.481 e. The van der Waals surface area contributed by atoms with Crippen molar-refractivity contribution >= 4 is 34.9 Å². The van der Waals surface area contributed by atoms with E-state index < -0.39 is 17.8 Å². The molecule has 5 rings (SSSR count). The Morgan fingerprint density at radius 1 is 0.705 bits per heavy atom. The van der Waals surface area contributed by atoms with Gasteiger partial charge in [0.25, 0.3) is 0 Å². The lowest BCUT2D eigenvalue weighted by molar-refractivity contribution is -0.147. The van der Waals surface area contributed by atoms with Crippen LogP contribution < -0.4 is 15.4 Å². The van der Waals surface area contributed by atoms with E-state index in [2.05, 4.69) is 10.6 Å². The second-order valence-electron chi connectivity index (χ2n) is 12.0. The van der Waals surface area contributed by atoms with Gasteiger partial charge in [0.2, 0.25) is 11.8 Å². The maximum atomic E-state index is 13.4. The van der Waals surface area contributed by atoms with Gasteiger partial charge in [-0.1, -0.05) is 56.0 Å². The van der Waals surface area contributed by atoms with Crippen molar-refractivity contribution in [1.29, 1.82) is 0 Å². The summed E-state index contributed by atoms with van der Waals surface area (Å²) in [5.41, 5.74) is 3.25. The topological polar surface area (TPSA) is 122 Å². The first-order chi connectivity index (χ1) is 21.3. The largest absolute Gasteiger partial charge is 0.481 e. The van der Waals surface area contributed by atoms with Crippen molar-refractivity contribution in [2.45, 2.75) is 64.7 Å². The normalized spacial score (nSPS) is 21.6. The first kappa shape index (κ1) is 31.0. The Bertz CT molecular complexity index is 1490. The maximum Gasteiger partial charge on any atom is 0.307 e. The molecule has 230 valence electrons. The molecule has 0 aromatic heterocycles. The lowest BCUT2D eigenvalue weighted by Gasteiger charge is -2.29. The molecule has 44 heavy (non-hydrogen) atoms. The van der Waals surface area contributed by atoms with E-state index >= 15 is 0 Å². The van der Waals surface area contributed by atoms with Crippen LogP contribution >= 0.6 is 0 Å². The highest BCUT2D eigenvalue weighted by molar-refractivity contribution is 5.97.